The van der Waals surface area contributed by atoms with Crippen LogP contribution in [0.5, 0.6) is 0 Å². The lowest BCUT2D eigenvalue weighted by molar-refractivity contribution is -0.116. The van der Waals surface area contributed by atoms with Gasteiger partial charge in [0.1, 0.15) is 18.0 Å². The van der Waals surface area contributed by atoms with Crippen LogP contribution in [0.25, 0.3) is 11.0 Å². The van der Waals surface area contributed by atoms with Crippen molar-refractivity contribution in [2.45, 2.75) is 38.3 Å². The summed E-state index contributed by atoms with van der Waals surface area (Å²) in [6, 6.07) is 9.57. The summed E-state index contributed by atoms with van der Waals surface area (Å²) < 4.78 is 5.46. The number of unbranched alkanes of at least 4 members (excludes halogenated alkanes) is 1. The molecule has 0 fully saturated rings. The topological polar surface area (TPSA) is 110 Å². The van der Waals surface area contributed by atoms with E-state index in [-0.39, 0.29) is 18.6 Å². The van der Waals surface area contributed by atoms with Gasteiger partial charge in [0, 0.05) is 30.2 Å². The van der Waals surface area contributed by atoms with Gasteiger partial charge in [-0.05, 0) is 73.4 Å². The molecule has 7 nitrogen and oxygen atoms in total. The molecule has 1 aliphatic carbocycles. The third-order valence-electron chi connectivity index (χ3n) is 5.69. The third-order valence-corrected chi connectivity index (χ3v) is 5.69. The molecule has 2 aliphatic rings. The molecule has 2 heterocycles. The number of aliphatic hydroxyl groups excluding tert-OH is 1. The van der Waals surface area contributed by atoms with E-state index in [0.717, 1.165) is 36.8 Å². The highest BCUT2D eigenvalue weighted by Crippen LogP contribution is 2.25. The van der Waals surface area contributed by atoms with Crippen LogP contribution in [0, 0.1) is 11.3 Å². The second-order valence-electron chi connectivity index (χ2n) is 8.18. The van der Waals surface area contributed by atoms with Crippen molar-refractivity contribution in [1.82, 2.24) is 10.6 Å². The molecule has 0 spiro atoms. The number of nitrogens with one attached hydrogen (secondary N) is 3. The molecule has 170 valence electrons. The maximum Gasteiger partial charge on any atom is 0.225 e. The van der Waals surface area contributed by atoms with Crippen LogP contribution < -0.4 is 16.0 Å². The molecule has 4 rings (SSSR count). The van der Waals surface area contributed by atoms with Gasteiger partial charge in [0.25, 0.3) is 0 Å². The van der Waals surface area contributed by atoms with Crippen LogP contribution in [0.2, 0.25) is 0 Å². The van der Waals surface area contributed by atoms with Crippen LogP contribution in [0.15, 0.2) is 75.9 Å². The predicted octanol–water partition coefficient (Wildman–Crippen LogP) is 3.82. The van der Waals surface area contributed by atoms with Crippen LogP contribution in [0.3, 0.4) is 0 Å². The van der Waals surface area contributed by atoms with Crippen molar-refractivity contribution in [3.63, 3.8) is 0 Å². The van der Waals surface area contributed by atoms with E-state index in [2.05, 4.69) is 34.3 Å². The number of hydrogen-bond donors (Lipinski definition) is 4. The number of rotatable bonds is 10. The summed E-state index contributed by atoms with van der Waals surface area (Å²) in [5, 5.41) is 28.8. The summed E-state index contributed by atoms with van der Waals surface area (Å²) in [5.74, 6) is 0.457. The van der Waals surface area contributed by atoms with Gasteiger partial charge in [0.2, 0.25) is 5.91 Å². The number of amides is 1. The standard InChI is InChI=1S/C26H28N4O3/c27-15-18-4-5-22-12-20(11-18)19(16-29-22)3-1-2-9-28-10-8-26(32)30-23-6-7-25-21(13-23)14-24(17-31)33-25/h4-7,11-14,16,22,28-29,31H,1-3,8-10,17H2,(H,30,32). The van der Waals surface area contributed by atoms with Gasteiger partial charge in [-0.15, -0.1) is 0 Å². The molecule has 1 aromatic carbocycles. The molecule has 1 amide bonds. The van der Waals surface area contributed by atoms with Gasteiger partial charge in [-0.25, -0.2) is 0 Å². The number of carbonyl (C=O) groups excluding carboxylic acids is 1. The minimum atomic E-state index is -0.147. The maximum atomic E-state index is 12.2. The number of carbonyl (C=O) groups is 1. The SMILES string of the molecule is N#CC1=CC2=CC(C=C1)NC=C2CCCCNCCC(=O)Nc1ccc2oc(CO)cc2c1. The highest BCUT2D eigenvalue weighted by Gasteiger charge is 2.15. The Bertz CT molecular complexity index is 1180. The summed E-state index contributed by atoms with van der Waals surface area (Å²) in [6.07, 6.45) is 13.4. The summed E-state index contributed by atoms with van der Waals surface area (Å²) in [5.41, 5.74) is 4.43. The van der Waals surface area contributed by atoms with Crippen LogP contribution in [0.4, 0.5) is 5.69 Å². The van der Waals surface area contributed by atoms with Gasteiger partial charge in [-0.3, -0.25) is 4.79 Å². The number of furan rings is 1. The third kappa shape index (κ3) is 6.01. The zero-order valence-corrected chi connectivity index (χ0v) is 18.4. The van der Waals surface area contributed by atoms with E-state index in [4.69, 9.17) is 9.52 Å². The molecule has 1 aromatic heterocycles. The van der Waals surface area contributed by atoms with E-state index in [1.807, 2.05) is 24.3 Å². The summed E-state index contributed by atoms with van der Waals surface area (Å²) in [4.78, 5) is 12.2. The first-order valence-electron chi connectivity index (χ1n) is 11.3. The van der Waals surface area contributed by atoms with Crippen molar-refractivity contribution in [3.05, 3.63) is 77.2 Å². The Labute approximate surface area is 193 Å². The number of aliphatic hydroxyl groups is 1. The normalized spacial score (nSPS) is 16.8. The molecule has 2 aromatic rings. The molecule has 7 heteroatoms. The van der Waals surface area contributed by atoms with Crippen molar-refractivity contribution in [1.29, 1.82) is 5.26 Å². The second kappa shape index (κ2) is 10.8. The summed E-state index contributed by atoms with van der Waals surface area (Å²) >= 11 is 0. The van der Waals surface area contributed by atoms with Crippen molar-refractivity contribution in [2.24, 2.45) is 0 Å². The lowest BCUT2D eigenvalue weighted by Crippen LogP contribution is -2.24. The van der Waals surface area contributed by atoms with E-state index < -0.39 is 0 Å². The van der Waals surface area contributed by atoms with E-state index in [0.29, 0.717) is 35.6 Å². The summed E-state index contributed by atoms with van der Waals surface area (Å²) in [6.45, 7) is 1.32. The van der Waals surface area contributed by atoms with Crippen LogP contribution in [-0.4, -0.2) is 30.1 Å². The minimum Gasteiger partial charge on any atom is -0.459 e. The molecular formula is C26H28N4O3. The monoisotopic (exact) mass is 444 g/mol. The Morgan fingerprint density at radius 2 is 2.15 bits per heavy atom. The Morgan fingerprint density at radius 3 is 3.00 bits per heavy atom. The fraction of sp³-hybridized carbons (Fsp3) is 0.308. The van der Waals surface area contributed by atoms with Crippen LogP contribution in [-0.2, 0) is 11.4 Å². The van der Waals surface area contributed by atoms with Gasteiger partial charge in [-0.1, -0.05) is 12.2 Å². The lowest BCUT2D eigenvalue weighted by Gasteiger charge is -2.19. The highest BCUT2D eigenvalue weighted by atomic mass is 16.4. The Balaban J connectivity index is 1.13. The molecule has 4 N–H and O–H groups in total. The smallest absolute Gasteiger partial charge is 0.225 e. The molecule has 0 saturated carbocycles. The van der Waals surface area contributed by atoms with Crippen molar-refractivity contribution < 1.29 is 14.3 Å². The van der Waals surface area contributed by atoms with Crippen LogP contribution >= 0.6 is 0 Å². The Hall–Kier alpha value is -3.60. The van der Waals surface area contributed by atoms with E-state index in [1.54, 1.807) is 18.2 Å². The average molecular weight is 445 g/mol. The average Bonchev–Trinajstić information content (AvgIpc) is 3.16. The number of anilines is 1. The Morgan fingerprint density at radius 1 is 1.24 bits per heavy atom. The molecular weight excluding hydrogens is 416 g/mol. The Kier molecular flexibility index (Phi) is 7.40. The van der Waals surface area contributed by atoms with Gasteiger partial charge < -0.3 is 25.5 Å². The van der Waals surface area contributed by atoms with Gasteiger partial charge in [0.05, 0.1) is 17.7 Å². The maximum absolute atomic E-state index is 12.2. The molecule has 1 unspecified atom stereocenters. The zero-order valence-electron chi connectivity index (χ0n) is 18.4. The fourth-order valence-electron chi connectivity index (χ4n) is 3.96. The molecule has 33 heavy (non-hydrogen) atoms. The number of benzene rings is 1. The van der Waals surface area contributed by atoms with Gasteiger partial charge >= 0.3 is 0 Å². The number of fused-ring (bicyclic) bond motifs is 2. The van der Waals surface area contributed by atoms with Gasteiger partial charge in [0.15, 0.2) is 0 Å². The van der Waals surface area contributed by atoms with Crippen LogP contribution in [0.1, 0.15) is 31.4 Å². The zero-order chi connectivity index (χ0) is 23.0. The minimum absolute atomic E-state index is 0.0466. The van der Waals surface area contributed by atoms with E-state index in [1.165, 1.54) is 5.57 Å². The first-order chi connectivity index (χ1) is 16.1. The van der Waals surface area contributed by atoms with Crippen molar-refractivity contribution in [2.75, 3.05) is 18.4 Å². The van der Waals surface area contributed by atoms with Gasteiger partial charge in [-0.2, -0.15) is 5.26 Å². The first kappa shape index (κ1) is 22.6. The van der Waals surface area contributed by atoms with E-state index in [9.17, 15) is 10.1 Å². The first-order valence-corrected chi connectivity index (χ1v) is 11.3. The number of hydrogen-bond acceptors (Lipinski definition) is 6. The molecule has 2 bridgehead atoms. The molecule has 0 radical (unpaired) electrons. The fourth-order valence-corrected chi connectivity index (χ4v) is 3.96. The molecule has 1 aliphatic heterocycles. The second-order valence-corrected chi connectivity index (χ2v) is 8.18. The summed E-state index contributed by atoms with van der Waals surface area (Å²) in [7, 11) is 0. The molecule has 1 atom stereocenters. The number of dihydropyridines is 1. The highest BCUT2D eigenvalue weighted by molar-refractivity contribution is 5.93. The largest absolute Gasteiger partial charge is 0.459 e. The quantitative estimate of drug-likeness (QED) is 0.415. The lowest BCUT2D eigenvalue weighted by atomic mass is 9.96. The number of nitrogens with zero attached hydrogens (tertiary/aromatic N) is 1. The van der Waals surface area contributed by atoms with Crippen molar-refractivity contribution >= 4 is 22.6 Å². The van der Waals surface area contributed by atoms with Crippen molar-refractivity contribution in [3.8, 4) is 6.07 Å². The number of allylic oxidation sites excluding steroid dienone is 5. The number of nitriles is 1. The molecule has 0 saturated heterocycles. The van der Waals surface area contributed by atoms with E-state index >= 15 is 0 Å². The predicted molar refractivity (Wildman–Crippen MR) is 128 cm³/mol.